The molecule has 33 heavy (non-hydrogen) atoms. The molecule has 0 amide bonds. The number of nitro groups is 1. The third-order valence-corrected chi connectivity index (χ3v) is 6.06. The zero-order valence-electron chi connectivity index (χ0n) is 17.6. The quantitative estimate of drug-likeness (QED) is 0.219. The SMILES string of the molecule is CCCSc1nnc2c(n1)O[C@H](c1ccc(-c3ccc([N+](=O)[O-])cc3)o1)Nc1ccccc1-2. The summed E-state index contributed by atoms with van der Waals surface area (Å²) in [6.45, 7) is 2.09. The number of nitrogens with zero attached hydrogens (tertiary/aromatic N) is 4. The van der Waals surface area contributed by atoms with Gasteiger partial charge in [0.15, 0.2) is 11.5 Å². The Labute approximate surface area is 193 Å². The number of rotatable bonds is 6. The van der Waals surface area contributed by atoms with E-state index in [4.69, 9.17) is 9.15 Å². The van der Waals surface area contributed by atoms with E-state index in [1.807, 2.05) is 30.3 Å². The van der Waals surface area contributed by atoms with Gasteiger partial charge in [-0.15, -0.1) is 10.2 Å². The van der Waals surface area contributed by atoms with Gasteiger partial charge in [-0.05, 0) is 36.8 Å². The van der Waals surface area contributed by atoms with E-state index in [1.165, 1.54) is 23.9 Å². The van der Waals surface area contributed by atoms with Crippen LogP contribution in [-0.4, -0.2) is 25.9 Å². The molecule has 0 radical (unpaired) electrons. The van der Waals surface area contributed by atoms with Crippen molar-refractivity contribution in [1.82, 2.24) is 15.2 Å². The average molecular weight is 462 g/mol. The first-order valence-corrected chi connectivity index (χ1v) is 11.4. The number of thioether (sulfide) groups is 1. The van der Waals surface area contributed by atoms with Crippen LogP contribution in [0.4, 0.5) is 11.4 Å². The predicted molar refractivity (Wildman–Crippen MR) is 124 cm³/mol. The van der Waals surface area contributed by atoms with Gasteiger partial charge in [-0.3, -0.25) is 10.1 Å². The van der Waals surface area contributed by atoms with Crippen LogP contribution in [0.25, 0.3) is 22.6 Å². The van der Waals surface area contributed by atoms with E-state index >= 15 is 0 Å². The van der Waals surface area contributed by atoms with Crippen molar-refractivity contribution in [3.8, 4) is 28.5 Å². The fourth-order valence-electron chi connectivity index (χ4n) is 3.43. The highest BCUT2D eigenvalue weighted by molar-refractivity contribution is 7.99. The van der Waals surface area contributed by atoms with Crippen LogP contribution >= 0.6 is 11.8 Å². The van der Waals surface area contributed by atoms with E-state index in [0.29, 0.717) is 28.3 Å². The first kappa shape index (κ1) is 21.0. The number of para-hydroxylation sites is 1. The van der Waals surface area contributed by atoms with Crippen molar-refractivity contribution in [2.24, 2.45) is 0 Å². The molecule has 0 saturated carbocycles. The topological polar surface area (TPSA) is 116 Å². The maximum absolute atomic E-state index is 10.9. The highest BCUT2D eigenvalue weighted by Gasteiger charge is 2.28. The third-order valence-electron chi connectivity index (χ3n) is 5.02. The third kappa shape index (κ3) is 4.24. The zero-order valence-corrected chi connectivity index (χ0v) is 18.4. The number of non-ortho nitro benzene ring substituents is 1. The minimum absolute atomic E-state index is 0.0245. The summed E-state index contributed by atoms with van der Waals surface area (Å²) in [5.41, 5.74) is 2.97. The van der Waals surface area contributed by atoms with Crippen LogP contribution in [0.15, 0.2) is 70.2 Å². The number of hydrogen-bond acceptors (Lipinski definition) is 9. The van der Waals surface area contributed by atoms with E-state index in [9.17, 15) is 10.1 Å². The van der Waals surface area contributed by atoms with Crippen LogP contribution < -0.4 is 10.1 Å². The van der Waals surface area contributed by atoms with Gasteiger partial charge in [0, 0.05) is 34.7 Å². The van der Waals surface area contributed by atoms with Gasteiger partial charge in [0.1, 0.15) is 5.76 Å². The lowest BCUT2D eigenvalue weighted by molar-refractivity contribution is -0.384. The molecule has 2 aromatic carbocycles. The molecule has 9 nitrogen and oxygen atoms in total. The second-order valence-electron chi connectivity index (χ2n) is 7.29. The van der Waals surface area contributed by atoms with Crippen molar-refractivity contribution in [2.75, 3.05) is 11.1 Å². The second-order valence-corrected chi connectivity index (χ2v) is 8.35. The largest absolute Gasteiger partial charge is 0.455 e. The van der Waals surface area contributed by atoms with Crippen LogP contribution in [0.2, 0.25) is 0 Å². The molecule has 1 aliphatic rings. The number of fused-ring (bicyclic) bond motifs is 3. The van der Waals surface area contributed by atoms with Gasteiger partial charge in [-0.2, -0.15) is 4.98 Å². The number of nitro benzene ring substituents is 1. The highest BCUT2D eigenvalue weighted by Crippen LogP contribution is 2.40. The molecule has 0 fully saturated rings. The second kappa shape index (κ2) is 8.91. The van der Waals surface area contributed by atoms with E-state index in [2.05, 4.69) is 27.4 Å². The Morgan fingerprint density at radius 2 is 1.91 bits per heavy atom. The maximum Gasteiger partial charge on any atom is 0.269 e. The average Bonchev–Trinajstić information content (AvgIpc) is 3.27. The molecule has 1 N–H and O–H groups in total. The molecule has 5 rings (SSSR count). The minimum Gasteiger partial charge on any atom is -0.455 e. The Bertz CT molecular complexity index is 1310. The molecule has 0 saturated heterocycles. The Morgan fingerprint density at radius 1 is 1.09 bits per heavy atom. The number of hydrogen-bond donors (Lipinski definition) is 1. The first-order valence-electron chi connectivity index (χ1n) is 10.4. The molecule has 0 unspecified atom stereocenters. The van der Waals surface area contributed by atoms with Gasteiger partial charge in [0.2, 0.25) is 17.3 Å². The smallest absolute Gasteiger partial charge is 0.269 e. The Balaban J connectivity index is 1.49. The lowest BCUT2D eigenvalue weighted by atomic mass is 10.1. The summed E-state index contributed by atoms with van der Waals surface area (Å²) in [5.74, 6) is 2.37. The lowest BCUT2D eigenvalue weighted by Gasteiger charge is -2.16. The van der Waals surface area contributed by atoms with Crippen molar-refractivity contribution >= 4 is 23.1 Å². The van der Waals surface area contributed by atoms with Gasteiger partial charge >= 0.3 is 0 Å². The van der Waals surface area contributed by atoms with E-state index in [-0.39, 0.29) is 5.69 Å². The molecule has 166 valence electrons. The fourth-order valence-corrected chi connectivity index (χ4v) is 4.06. The molecule has 10 heteroatoms. The number of furan rings is 1. The molecular weight excluding hydrogens is 442 g/mol. The van der Waals surface area contributed by atoms with E-state index in [1.54, 1.807) is 18.2 Å². The first-order chi connectivity index (χ1) is 16.1. The fraction of sp³-hybridized carbons (Fsp3) is 0.174. The molecule has 3 heterocycles. The number of benzene rings is 2. The van der Waals surface area contributed by atoms with Crippen molar-refractivity contribution in [3.05, 3.63) is 76.5 Å². The molecule has 1 atom stereocenters. The van der Waals surface area contributed by atoms with Crippen LogP contribution in [0.5, 0.6) is 5.88 Å². The summed E-state index contributed by atoms with van der Waals surface area (Å²) in [7, 11) is 0. The van der Waals surface area contributed by atoms with Crippen molar-refractivity contribution in [2.45, 2.75) is 24.7 Å². The van der Waals surface area contributed by atoms with Crippen LogP contribution in [-0.2, 0) is 0 Å². The Kier molecular flexibility index (Phi) is 5.66. The van der Waals surface area contributed by atoms with Crippen LogP contribution in [0.1, 0.15) is 25.3 Å². The Hall–Kier alpha value is -3.92. The number of aromatic nitrogens is 3. The molecule has 2 aromatic heterocycles. The number of nitrogens with one attached hydrogen (secondary N) is 1. The van der Waals surface area contributed by atoms with Crippen molar-refractivity contribution in [3.63, 3.8) is 0 Å². The van der Waals surface area contributed by atoms with Crippen molar-refractivity contribution < 1.29 is 14.1 Å². The summed E-state index contributed by atoms with van der Waals surface area (Å²) < 4.78 is 12.3. The van der Waals surface area contributed by atoms with Crippen LogP contribution in [0.3, 0.4) is 0 Å². The molecule has 0 spiro atoms. The van der Waals surface area contributed by atoms with Crippen LogP contribution in [0, 0.1) is 10.1 Å². The summed E-state index contributed by atoms with van der Waals surface area (Å²) >= 11 is 1.53. The van der Waals surface area contributed by atoms with Crippen molar-refractivity contribution in [1.29, 1.82) is 0 Å². The molecule has 1 aliphatic heterocycles. The van der Waals surface area contributed by atoms with Gasteiger partial charge in [0.05, 0.1) is 4.92 Å². The summed E-state index contributed by atoms with van der Waals surface area (Å²) in [5, 5.41) is 23.5. The van der Waals surface area contributed by atoms with Gasteiger partial charge in [0.25, 0.3) is 5.69 Å². The molecular formula is C23H19N5O4S. The Morgan fingerprint density at radius 3 is 2.70 bits per heavy atom. The maximum atomic E-state index is 10.9. The zero-order chi connectivity index (χ0) is 22.8. The standard InChI is InChI=1S/C23H19N5O4S/c1-2-13-33-23-25-22-20(26-27-23)16-5-3-4-6-17(16)24-21(32-22)19-12-11-18(31-19)14-7-9-15(10-8-14)28(29)30/h3-12,21,24H,2,13H2,1H3/t21-/m1/s1. The lowest BCUT2D eigenvalue weighted by Crippen LogP contribution is -2.16. The minimum atomic E-state index is -0.653. The highest BCUT2D eigenvalue weighted by atomic mass is 32.2. The monoisotopic (exact) mass is 461 g/mol. The summed E-state index contributed by atoms with van der Waals surface area (Å²) in [6.07, 6.45) is 0.344. The summed E-state index contributed by atoms with van der Waals surface area (Å²) in [6, 6.07) is 17.5. The van der Waals surface area contributed by atoms with Gasteiger partial charge in [-0.1, -0.05) is 36.9 Å². The van der Waals surface area contributed by atoms with E-state index < -0.39 is 11.2 Å². The number of ether oxygens (including phenoxy) is 1. The molecule has 0 aliphatic carbocycles. The normalized spacial score (nSPS) is 14.4. The summed E-state index contributed by atoms with van der Waals surface area (Å²) in [4.78, 5) is 15.1. The predicted octanol–water partition coefficient (Wildman–Crippen LogP) is 5.71. The number of anilines is 1. The van der Waals surface area contributed by atoms with E-state index in [0.717, 1.165) is 29.0 Å². The van der Waals surface area contributed by atoms with Gasteiger partial charge < -0.3 is 14.5 Å². The molecule has 0 bridgehead atoms. The molecule has 4 aromatic rings. The van der Waals surface area contributed by atoms with Gasteiger partial charge in [-0.25, -0.2) is 0 Å².